The van der Waals surface area contributed by atoms with Crippen LogP contribution in [0.5, 0.6) is 0 Å². The highest BCUT2D eigenvalue weighted by molar-refractivity contribution is 7.82. The molecule has 1 rings (SSSR count). The molecular weight excluding hydrogens is 196 g/mol. The molecule has 3 heteroatoms. The van der Waals surface area contributed by atoms with E-state index >= 15 is 0 Å². The zero-order chi connectivity index (χ0) is 10.6. The summed E-state index contributed by atoms with van der Waals surface area (Å²) >= 11 is 4.30. The number of hydrogen-bond donors (Lipinski definition) is 1. The molecule has 0 saturated carbocycles. The molecule has 0 aromatic heterocycles. The van der Waals surface area contributed by atoms with Crippen LogP contribution in [0.15, 0.2) is 30.3 Å². The number of benzene rings is 1. The van der Waals surface area contributed by atoms with Gasteiger partial charge < -0.3 is 4.74 Å². The number of esters is 1. The molecule has 0 aliphatic carbocycles. The maximum absolute atomic E-state index is 11.3. The third kappa shape index (κ3) is 2.77. The summed E-state index contributed by atoms with van der Waals surface area (Å²) in [7, 11) is 1.38. The van der Waals surface area contributed by atoms with Crippen LogP contribution in [0.3, 0.4) is 0 Å². The Balaban J connectivity index is 2.73. The minimum atomic E-state index is -0.754. The van der Waals surface area contributed by atoms with Crippen LogP contribution < -0.4 is 0 Å². The van der Waals surface area contributed by atoms with E-state index < -0.39 is 4.75 Å². The standard InChI is InChI=1S/C11H14O2S/c1-11(14,10(12)13-2)8-9-6-4-3-5-7-9/h3-7,14H,8H2,1-2H3. The summed E-state index contributed by atoms with van der Waals surface area (Å²) in [6, 6.07) is 9.76. The molecule has 2 nitrogen and oxygen atoms in total. The van der Waals surface area contributed by atoms with Gasteiger partial charge >= 0.3 is 5.97 Å². The second-order valence-electron chi connectivity index (χ2n) is 3.43. The fourth-order valence-electron chi connectivity index (χ4n) is 1.29. The summed E-state index contributed by atoms with van der Waals surface area (Å²) in [5.74, 6) is -0.301. The quantitative estimate of drug-likeness (QED) is 0.610. The van der Waals surface area contributed by atoms with E-state index in [2.05, 4.69) is 17.4 Å². The van der Waals surface area contributed by atoms with Crippen molar-refractivity contribution >= 4 is 18.6 Å². The first-order valence-corrected chi connectivity index (χ1v) is 4.86. The largest absolute Gasteiger partial charge is 0.468 e. The molecule has 0 aliphatic rings. The van der Waals surface area contributed by atoms with Crippen LogP contribution in [0.2, 0.25) is 0 Å². The van der Waals surface area contributed by atoms with Gasteiger partial charge in [-0.3, -0.25) is 4.79 Å². The van der Waals surface area contributed by atoms with Gasteiger partial charge in [0.2, 0.25) is 0 Å². The fourth-order valence-corrected chi connectivity index (χ4v) is 1.56. The minimum absolute atomic E-state index is 0.301. The van der Waals surface area contributed by atoms with E-state index in [1.165, 1.54) is 7.11 Å². The van der Waals surface area contributed by atoms with Crippen molar-refractivity contribution < 1.29 is 9.53 Å². The van der Waals surface area contributed by atoms with Crippen LogP contribution in [-0.4, -0.2) is 17.8 Å². The SMILES string of the molecule is COC(=O)C(C)(S)Cc1ccccc1. The van der Waals surface area contributed by atoms with Crippen LogP contribution in [0.1, 0.15) is 12.5 Å². The van der Waals surface area contributed by atoms with Crippen molar-refractivity contribution in [3.05, 3.63) is 35.9 Å². The van der Waals surface area contributed by atoms with Crippen molar-refractivity contribution in [1.29, 1.82) is 0 Å². The first-order valence-electron chi connectivity index (χ1n) is 4.41. The molecule has 0 heterocycles. The van der Waals surface area contributed by atoms with Crippen LogP contribution in [-0.2, 0) is 16.0 Å². The minimum Gasteiger partial charge on any atom is -0.468 e. The molecule has 0 saturated heterocycles. The van der Waals surface area contributed by atoms with Gasteiger partial charge in [-0.2, -0.15) is 12.6 Å². The van der Waals surface area contributed by atoms with E-state index in [0.717, 1.165) is 5.56 Å². The number of carbonyl (C=O) groups is 1. The number of ether oxygens (including phenoxy) is 1. The lowest BCUT2D eigenvalue weighted by Crippen LogP contribution is -2.32. The Morgan fingerprint density at radius 3 is 2.50 bits per heavy atom. The highest BCUT2D eigenvalue weighted by atomic mass is 32.1. The van der Waals surface area contributed by atoms with Crippen molar-refractivity contribution in [1.82, 2.24) is 0 Å². The molecule has 0 radical (unpaired) electrons. The molecule has 0 aliphatic heterocycles. The van der Waals surface area contributed by atoms with Gasteiger partial charge in [0.15, 0.2) is 0 Å². The van der Waals surface area contributed by atoms with Gasteiger partial charge in [-0.05, 0) is 18.9 Å². The van der Waals surface area contributed by atoms with E-state index in [1.807, 2.05) is 30.3 Å². The van der Waals surface area contributed by atoms with E-state index in [4.69, 9.17) is 0 Å². The van der Waals surface area contributed by atoms with Crippen molar-refractivity contribution in [3.8, 4) is 0 Å². The molecule has 1 aromatic rings. The van der Waals surface area contributed by atoms with Crippen LogP contribution in [0.4, 0.5) is 0 Å². The lowest BCUT2D eigenvalue weighted by molar-refractivity contribution is -0.142. The van der Waals surface area contributed by atoms with Crippen molar-refractivity contribution in [2.24, 2.45) is 0 Å². The predicted molar refractivity (Wildman–Crippen MR) is 59.6 cm³/mol. The maximum Gasteiger partial charge on any atom is 0.321 e. The Kier molecular flexibility index (Phi) is 3.58. The average molecular weight is 210 g/mol. The molecule has 0 spiro atoms. The summed E-state index contributed by atoms with van der Waals surface area (Å²) in [4.78, 5) is 11.3. The lowest BCUT2D eigenvalue weighted by atomic mass is 10.0. The van der Waals surface area contributed by atoms with E-state index in [-0.39, 0.29) is 5.97 Å². The van der Waals surface area contributed by atoms with E-state index in [0.29, 0.717) is 6.42 Å². The van der Waals surface area contributed by atoms with Gasteiger partial charge in [0.1, 0.15) is 4.75 Å². The Morgan fingerprint density at radius 1 is 1.43 bits per heavy atom. The number of rotatable bonds is 3. The normalized spacial score (nSPS) is 14.5. The highest BCUT2D eigenvalue weighted by Crippen LogP contribution is 2.21. The molecule has 0 amide bonds. The Bertz CT molecular complexity index is 306. The summed E-state index contributed by atoms with van der Waals surface area (Å²) in [5, 5.41) is 0. The van der Waals surface area contributed by atoms with Gasteiger partial charge in [-0.25, -0.2) is 0 Å². The summed E-state index contributed by atoms with van der Waals surface area (Å²) in [6.07, 6.45) is 0.573. The molecule has 1 aromatic carbocycles. The Labute approximate surface area is 89.7 Å². The number of hydrogen-bond acceptors (Lipinski definition) is 3. The van der Waals surface area contributed by atoms with Crippen molar-refractivity contribution in [3.63, 3.8) is 0 Å². The smallest absolute Gasteiger partial charge is 0.321 e. The van der Waals surface area contributed by atoms with Gasteiger partial charge in [0, 0.05) is 0 Å². The van der Waals surface area contributed by atoms with E-state index in [9.17, 15) is 4.79 Å². The zero-order valence-electron chi connectivity index (χ0n) is 8.36. The van der Waals surface area contributed by atoms with Gasteiger partial charge in [0.25, 0.3) is 0 Å². The fraction of sp³-hybridized carbons (Fsp3) is 0.364. The molecule has 76 valence electrons. The van der Waals surface area contributed by atoms with Gasteiger partial charge in [-0.15, -0.1) is 0 Å². The summed E-state index contributed by atoms with van der Waals surface area (Å²) in [5.41, 5.74) is 1.08. The monoisotopic (exact) mass is 210 g/mol. The second-order valence-corrected chi connectivity index (χ2v) is 4.41. The molecular formula is C11H14O2S. The van der Waals surface area contributed by atoms with Gasteiger partial charge in [-0.1, -0.05) is 30.3 Å². The molecule has 0 fully saturated rings. The molecule has 14 heavy (non-hydrogen) atoms. The van der Waals surface area contributed by atoms with Crippen LogP contribution >= 0.6 is 12.6 Å². The van der Waals surface area contributed by atoms with E-state index in [1.54, 1.807) is 6.92 Å². The number of methoxy groups -OCH3 is 1. The molecule has 0 N–H and O–H groups in total. The summed E-state index contributed by atoms with van der Waals surface area (Å²) < 4.78 is 3.92. The first kappa shape index (κ1) is 11.1. The third-order valence-electron chi connectivity index (χ3n) is 2.02. The summed E-state index contributed by atoms with van der Waals surface area (Å²) in [6.45, 7) is 1.76. The second kappa shape index (κ2) is 4.51. The zero-order valence-corrected chi connectivity index (χ0v) is 9.25. The topological polar surface area (TPSA) is 26.3 Å². The molecule has 1 atom stereocenters. The molecule has 1 unspecified atom stereocenters. The third-order valence-corrected chi connectivity index (χ3v) is 2.36. The van der Waals surface area contributed by atoms with Crippen LogP contribution in [0, 0.1) is 0 Å². The first-order chi connectivity index (χ1) is 6.56. The van der Waals surface area contributed by atoms with Crippen LogP contribution in [0.25, 0.3) is 0 Å². The average Bonchev–Trinajstić information content (AvgIpc) is 2.17. The van der Waals surface area contributed by atoms with Crippen molar-refractivity contribution in [2.45, 2.75) is 18.1 Å². The molecule has 0 bridgehead atoms. The predicted octanol–water partition coefficient (Wildman–Crippen LogP) is 2.09. The lowest BCUT2D eigenvalue weighted by Gasteiger charge is -2.20. The van der Waals surface area contributed by atoms with Crippen molar-refractivity contribution in [2.75, 3.05) is 7.11 Å². The highest BCUT2D eigenvalue weighted by Gasteiger charge is 2.29. The number of carbonyl (C=O) groups excluding carboxylic acids is 1. The number of thiol groups is 1. The Hall–Kier alpha value is -0.960. The maximum atomic E-state index is 11.3. The van der Waals surface area contributed by atoms with Gasteiger partial charge in [0.05, 0.1) is 7.11 Å². The Morgan fingerprint density at radius 2 is 2.00 bits per heavy atom.